The molecule has 3 aromatic rings. The Morgan fingerprint density at radius 2 is 1.18 bits per heavy atom. The van der Waals surface area contributed by atoms with E-state index in [-0.39, 0.29) is 0 Å². The number of carbonyl (C=O) groups excluding carboxylic acids is 1. The minimum atomic E-state index is -0.713. The Morgan fingerprint density at radius 3 is 1.61 bits per heavy atom. The number of para-hydroxylation sites is 1. The van der Waals surface area contributed by atoms with Crippen LogP contribution in [0.25, 0.3) is 0 Å². The molecule has 4 rings (SSSR count). The van der Waals surface area contributed by atoms with Gasteiger partial charge in [-0.05, 0) is 23.3 Å². The first-order valence-electron chi connectivity index (χ1n) is 8.99. The number of hydrogen-bond acceptors (Lipinski definition) is 5. The van der Waals surface area contributed by atoms with E-state index in [1.54, 1.807) is 5.12 Å². The van der Waals surface area contributed by atoms with Crippen molar-refractivity contribution in [2.24, 2.45) is 16.1 Å². The van der Waals surface area contributed by atoms with Crippen molar-refractivity contribution in [2.75, 3.05) is 12.2 Å². The summed E-state index contributed by atoms with van der Waals surface area (Å²) < 4.78 is 5.12. The number of nitrogens with zero attached hydrogens (tertiary/aromatic N) is 3. The van der Waals surface area contributed by atoms with E-state index < -0.39 is 11.9 Å². The van der Waals surface area contributed by atoms with Gasteiger partial charge in [0.05, 0.1) is 24.2 Å². The molecular weight excluding hydrogens is 350 g/mol. The maximum absolute atomic E-state index is 12.8. The Balaban J connectivity index is 1.91. The fraction of sp³-hybridized carbons (Fsp3) is 0.0870. The fourth-order valence-corrected chi connectivity index (χ4v) is 3.16. The van der Waals surface area contributed by atoms with Crippen molar-refractivity contribution >= 4 is 23.1 Å². The molecule has 1 heterocycles. The van der Waals surface area contributed by atoms with E-state index in [0.717, 1.165) is 16.8 Å². The zero-order valence-corrected chi connectivity index (χ0v) is 15.4. The molecule has 5 heteroatoms. The number of hydrogen-bond donors (Lipinski definition) is 0. The van der Waals surface area contributed by atoms with Gasteiger partial charge in [-0.1, -0.05) is 78.9 Å². The van der Waals surface area contributed by atoms with Crippen molar-refractivity contribution in [1.29, 1.82) is 0 Å². The minimum Gasteiger partial charge on any atom is -0.468 e. The van der Waals surface area contributed by atoms with Gasteiger partial charge in [0.1, 0.15) is 5.92 Å². The smallest absolute Gasteiger partial charge is 0.321 e. The zero-order chi connectivity index (χ0) is 19.3. The summed E-state index contributed by atoms with van der Waals surface area (Å²) in [6.07, 6.45) is 0. The summed E-state index contributed by atoms with van der Waals surface area (Å²) in [5, 5.41) is 11.0. The lowest BCUT2D eigenvalue weighted by atomic mass is 9.88. The normalized spacial score (nSPS) is 14.2. The monoisotopic (exact) mass is 369 g/mol. The lowest BCUT2D eigenvalue weighted by Gasteiger charge is -2.28. The molecule has 0 aliphatic carbocycles. The van der Waals surface area contributed by atoms with Gasteiger partial charge in [-0.15, -0.1) is 0 Å². The number of esters is 1. The van der Waals surface area contributed by atoms with Gasteiger partial charge >= 0.3 is 5.97 Å². The van der Waals surface area contributed by atoms with Gasteiger partial charge in [0.25, 0.3) is 0 Å². The number of methoxy groups -OCH3 is 1. The molecule has 3 aromatic carbocycles. The Labute approximate surface area is 163 Å². The molecular formula is C23H19N3O2. The van der Waals surface area contributed by atoms with E-state index in [0.29, 0.717) is 11.4 Å². The van der Waals surface area contributed by atoms with Crippen LogP contribution < -0.4 is 5.12 Å². The molecule has 5 nitrogen and oxygen atoms in total. The Morgan fingerprint density at radius 1 is 0.750 bits per heavy atom. The van der Waals surface area contributed by atoms with Crippen LogP contribution in [-0.4, -0.2) is 24.5 Å². The van der Waals surface area contributed by atoms with Crippen LogP contribution in [0.3, 0.4) is 0 Å². The molecule has 0 atom stereocenters. The fourth-order valence-electron chi connectivity index (χ4n) is 3.16. The predicted molar refractivity (Wildman–Crippen MR) is 110 cm³/mol. The summed E-state index contributed by atoms with van der Waals surface area (Å²) in [6.45, 7) is 0. The Kier molecular flexibility index (Phi) is 4.97. The number of hydrazone groups is 2. The molecule has 0 aromatic heterocycles. The van der Waals surface area contributed by atoms with Gasteiger partial charge in [0.2, 0.25) is 0 Å². The highest BCUT2D eigenvalue weighted by molar-refractivity contribution is 6.30. The van der Waals surface area contributed by atoms with Crippen LogP contribution in [0.4, 0.5) is 5.69 Å². The van der Waals surface area contributed by atoms with Crippen LogP contribution in [0.15, 0.2) is 101 Å². The third-order valence-electron chi connectivity index (χ3n) is 4.51. The number of ether oxygens (including phenoxy) is 1. The first kappa shape index (κ1) is 17.7. The maximum atomic E-state index is 12.8. The molecule has 0 saturated heterocycles. The van der Waals surface area contributed by atoms with Crippen molar-refractivity contribution in [1.82, 2.24) is 0 Å². The molecule has 28 heavy (non-hydrogen) atoms. The quantitative estimate of drug-likeness (QED) is 0.651. The summed E-state index contributed by atoms with van der Waals surface area (Å²) in [5.41, 5.74) is 3.72. The van der Waals surface area contributed by atoms with Crippen molar-refractivity contribution in [3.63, 3.8) is 0 Å². The summed E-state index contributed by atoms with van der Waals surface area (Å²) in [7, 11) is 1.39. The number of carbonyl (C=O) groups is 1. The van der Waals surface area contributed by atoms with E-state index in [2.05, 4.69) is 0 Å². The first-order valence-corrected chi connectivity index (χ1v) is 8.99. The molecule has 0 bridgehead atoms. The summed E-state index contributed by atoms with van der Waals surface area (Å²) in [4.78, 5) is 12.8. The van der Waals surface area contributed by atoms with Gasteiger partial charge in [0, 0.05) is 0 Å². The summed E-state index contributed by atoms with van der Waals surface area (Å²) >= 11 is 0. The van der Waals surface area contributed by atoms with E-state index >= 15 is 0 Å². The van der Waals surface area contributed by atoms with E-state index in [1.165, 1.54) is 7.11 Å². The standard InChI is InChI=1S/C23H19N3O2/c1-28-23(27)20-21(17-11-5-2-6-12-17)24-26(19-15-9-4-10-16-19)25-22(20)18-13-7-3-8-14-18/h2-16,20H,1H3. The van der Waals surface area contributed by atoms with Gasteiger partial charge in [-0.2, -0.15) is 15.3 Å². The summed E-state index contributed by atoms with van der Waals surface area (Å²) in [6, 6.07) is 29.0. The van der Waals surface area contributed by atoms with Crippen molar-refractivity contribution < 1.29 is 9.53 Å². The van der Waals surface area contributed by atoms with Crippen molar-refractivity contribution in [2.45, 2.75) is 0 Å². The lowest BCUT2D eigenvalue weighted by Crippen LogP contribution is -2.40. The minimum absolute atomic E-state index is 0.391. The second-order valence-corrected chi connectivity index (χ2v) is 6.28. The molecule has 0 radical (unpaired) electrons. The van der Waals surface area contributed by atoms with Gasteiger partial charge in [0.15, 0.2) is 0 Å². The van der Waals surface area contributed by atoms with Crippen LogP contribution in [0.2, 0.25) is 0 Å². The van der Waals surface area contributed by atoms with Crippen LogP contribution in [0.1, 0.15) is 11.1 Å². The molecule has 0 spiro atoms. The van der Waals surface area contributed by atoms with Gasteiger partial charge < -0.3 is 4.74 Å². The topological polar surface area (TPSA) is 54.3 Å². The number of benzene rings is 3. The molecule has 0 unspecified atom stereocenters. The summed E-state index contributed by atoms with van der Waals surface area (Å²) in [5.74, 6) is -1.10. The van der Waals surface area contributed by atoms with Crippen LogP contribution >= 0.6 is 0 Å². The molecule has 0 N–H and O–H groups in total. The third kappa shape index (κ3) is 3.42. The number of rotatable bonds is 4. The van der Waals surface area contributed by atoms with Crippen LogP contribution in [0, 0.1) is 5.92 Å². The molecule has 0 fully saturated rings. The number of anilines is 1. The van der Waals surface area contributed by atoms with Gasteiger partial charge in [-0.25, -0.2) is 0 Å². The van der Waals surface area contributed by atoms with E-state index in [4.69, 9.17) is 14.9 Å². The molecule has 138 valence electrons. The second kappa shape index (κ2) is 7.88. The highest BCUT2D eigenvalue weighted by Crippen LogP contribution is 2.27. The average molecular weight is 369 g/mol. The highest BCUT2D eigenvalue weighted by atomic mass is 16.5. The third-order valence-corrected chi connectivity index (χ3v) is 4.51. The average Bonchev–Trinajstić information content (AvgIpc) is 2.79. The largest absolute Gasteiger partial charge is 0.468 e. The predicted octanol–water partition coefficient (Wildman–Crippen LogP) is 4.10. The molecule has 0 amide bonds. The molecule has 1 aliphatic heterocycles. The van der Waals surface area contributed by atoms with Crippen LogP contribution in [0.5, 0.6) is 0 Å². The van der Waals surface area contributed by atoms with E-state index in [9.17, 15) is 4.79 Å². The van der Waals surface area contributed by atoms with Crippen LogP contribution in [-0.2, 0) is 9.53 Å². The maximum Gasteiger partial charge on any atom is 0.321 e. The molecule has 1 aliphatic rings. The lowest BCUT2D eigenvalue weighted by molar-refractivity contribution is -0.141. The highest BCUT2D eigenvalue weighted by Gasteiger charge is 2.37. The Bertz CT molecular complexity index is 958. The first-order chi connectivity index (χ1) is 13.8. The second-order valence-electron chi connectivity index (χ2n) is 6.28. The SMILES string of the molecule is COC(=O)C1C(c2ccccc2)=NN(c2ccccc2)N=C1c1ccccc1. The zero-order valence-electron chi connectivity index (χ0n) is 15.4. The Hall–Kier alpha value is -3.73. The van der Waals surface area contributed by atoms with Gasteiger partial charge in [-0.3, -0.25) is 4.79 Å². The van der Waals surface area contributed by atoms with Crippen molar-refractivity contribution in [3.05, 3.63) is 102 Å². The molecule has 0 saturated carbocycles. The van der Waals surface area contributed by atoms with Crippen molar-refractivity contribution in [3.8, 4) is 0 Å². The van der Waals surface area contributed by atoms with E-state index in [1.807, 2.05) is 91.0 Å².